The first-order valence-electron chi connectivity index (χ1n) is 7.80. The number of rotatable bonds is 5. The van der Waals surface area contributed by atoms with Gasteiger partial charge in [-0.3, -0.25) is 5.32 Å². The quantitative estimate of drug-likeness (QED) is 0.728. The molecular weight excluding hydrogens is 324 g/mol. The van der Waals surface area contributed by atoms with Gasteiger partial charge in [0.1, 0.15) is 0 Å². The summed E-state index contributed by atoms with van der Waals surface area (Å²) in [6.07, 6.45) is 2.77. The van der Waals surface area contributed by atoms with Crippen LogP contribution in [0.2, 0.25) is 0 Å². The van der Waals surface area contributed by atoms with Crippen molar-refractivity contribution < 1.29 is 9.32 Å². The molecule has 1 aliphatic rings. The van der Waals surface area contributed by atoms with E-state index in [1.54, 1.807) is 0 Å². The van der Waals surface area contributed by atoms with E-state index >= 15 is 0 Å². The van der Waals surface area contributed by atoms with E-state index in [4.69, 9.17) is 4.52 Å². The lowest BCUT2D eigenvalue weighted by atomic mass is 10.1. The van der Waals surface area contributed by atoms with Crippen LogP contribution in [0, 0.1) is 0 Å². The van der Waals surface area contributed by atoms with E-state index in [1.165, 1.54) is 11.3 Å². The van der Waals surface area contributed by atoms with Gasteiger partial charge in [-0.15, -0.1) is 11.3 Å². The number of anilines is 2. The van der Waals surface area contributed by atoms with Gasteiger partial charge in [-0.2, -0.15) is 4.98 Å². The first-order valence-corrected chi connectivity index (χ1v) is 8.68. The van der Waals surface area contributed by atoms with Crippen molar-refractivity contribution in [3.05, 3.63) is 59.1 Å². The van der Waals surface area contributed by atoms with Crippen molar-refractivity contribution in [3.63, 3.8) is 0 Å². The molecule has 0 unspecified atom stereocenters. The second-order valence-electron chi connectivity index (χ2n) is 5.71. The molecule has 122 valence electrons. The molecule has 0 saturated heterocycles. The predicted molar refractivity (Wildman–Crippen MR) is 92.5 cm³/mol. The number of carbonyl (C=O) groups excluding carboxylic acids is 1. The largest absolute Gasteiger partial charge is 0.339 e. The molecule has 4 rings (SSSR count). The number of para-hydroxylation sites is 1. The molecule has 2 N–H and O–H groups in total. The minimum Gasteiger partial charge on any atom is -0.339 e. The summed E-state index contributed by atoms with van der Waals surface area (Å²) in [6, 6.07) is 11.1. The molecule has 1 fully saturated rings. The number of hydrogen-bond acceptors (Lipinski definition) is 5. The summed E-state index contributed by atoms with van der Waals surface area (Å²) in [7, 11) is 0. The maximum atomic E-state index is 12.1. The highest BCUT2D eigenvalue weighted by Gasteiger charge is 2.28. The Hall–Kier alpha value is -2.67. The van der Waals surface area contributed by atoms with Gasteiger partial charge in [0.25, 0.3) is 0 Å². The third kappa shape index (κ3) is 3.46. The van der Waals surface area contributed by atoms with Crippen LogP contribution in [-0.2, 0) is 6.42 Å². The zero-order valence-electron chi connectivity index (χ0n) is 12.9. The van der Waals surface area contributed by atoms with Gasteiger partial charge in [0, 0.05) is 11.6 Å². The van der Waals surface area contributed by atoms with Crippen molar-refractivity contribution >= 4 is 28.1 Å². The van der Waals surface area contributed by atoms with Crippen molar-refractivity contribution in [2.45, 2.75) is 25.2 Å². The van der Waals surface area contributed by atoms with Gasteiger partial charge in [0.05, 0.1) is 11.4 Å². The van der Waals surface area contributed by atoms with Crippen LogP contribution in [0.4, 0.5) is 15.5 Å². The molecule has 7 heteroatoms. The Kier molecular flexibility index (Phi) is 4.00. The average Bonchev–Trinajstić information content (AvgIpc) is 3.10. The minimum atomic E-state index is -0.269. The summed E-state index contributed by atoms with van der Waals surface area (Å²) in [5.41, 5.74) is 1.67. The topological polar surface area (TPSA) is 80.0 Å². The summed E-state index contributed by atoms with van der Waals surface area (Å²) in [6.45, 7) is 0. The van der Waals surface area contributed by atoms with Crippen molar-refractivity contribution in [2.24, 2.45) is 0 Å². The number of aromatic nitrogens is 2. The van der Waals surface area contributed by atoms with Gasteiger partial charge in [-0.25, -0.2) is 4.79 Å². The van der Waals surface area contributed by atoms with Crippen LogP contribution in [0.5, 0.6) is 0 Å². The van der Waals surface area contributed by atoms with E-state index in [0.29, 0.717) is 18.2 Å². The van der Waals surface area contributed by atoms with E-state index in [9.17, 15) is 4.79 Å². The summed E-state index contributed by atoms with van der Waals surface area (Å²) in [4.78, 5) is 16.6. The first kappa shape index (κ1) is 14.9. The second-order valence-corrected chi connectivity index (χ2v) is 6.66. The minimum absolute atomic E-state index is 0.269. The molecule has 2 heterocycles. The fourth-order valence-corrected chi connectivity index (χ4v) is 3.03. The fourth-order valence-electron chi connectivity index (χ4n) is 2.42. The molecule has 0 aliphatic heterocycles. The number of benzene rings is 1. The van der Waals surface area contributed by atoms with Crippen LogP contribution in [0.3, 0.4) is 0 Å². The van der Waals surface area contributed by atoms with Crippen LogP contribution in [0.1, 0.15) is 36.0 Å². The Morgan fingerprint density at radius 3 is 2.88 bits per heavy atom. The molecule has 24 heavy (non-hydrogen) atoms. The molecule has 2 amide bonds. The van der Waals surface area contributed by atoms with Gasteiger partial charge >= 0.3 is 6.03 Å². The number of hydrogen-bond donors (Lipinski definition) is 2. The molecule has 1 aromatic carbocycles. The average molecular weight is 340 g/mol. The molecule has 1 saturated carbocycles. The van der Waals surface area contributed by atoms with E-state index in [-0.39, 0.29) is 6.03 Å². The number of carbonyl (C=O) groups is 1. The third-order valence-corrected chi connectivity index (χ3v) is 4.58. The number of urea groups is 1. The molecule has 2 aromatic heterocycles. The van der Waals surface area contributed by atoms with Crippen molar-refractivity contribution in [2.75, 3.05) is 10.6 Å². The molecule has 0 bridgehead atoms. The summed E-state index contributed by atoms with van der Waals surface area (Å²) >= 11 is 1.47. The highest BCUT2D eigenvalue weighted by atomic mass is 32.1. The van der Waals surface area contributed by atoms with Gasteiger partial charge in [-0.1, -0.05) is 23.4 Å². The third-order valence-electron chi connectivity index (χ3n) is 3.79. The van der Waals surface area contributed by atoms with Gasteiger partial charge in [-0.05, 0) is 42.0 Å². The highest BCUT2D eigenvalue weighted by molar-refractivity contribution is 7.14. The normalized spacial score (nSPS) is 13.7. The van der Waals surface area contributed by atoms with E-state index in [2.05, 4.69) is 20.8 Å². The smallest absolute Gasteiger partial charge is 0.324 e. The van der Waals surface area contributed by atoms with Gasteiger partial charge < -0.3 is 9.84 Å². The molecule has 3 aromatic rings. The first-order chi connectivity index (χ1) is 11.8. The van der Waals surface area contributed by atoms with E-state index < -0.39 is 0 Å². The van der Waals surface area contributed by atoms with Gasteiger partial charge in [0.15, 0.2) is 5.82 Å². The second kappa shape index (κ2) is 6.45. The molecule has 0 radical (unpaired) electrons. The lowest BCUT2D eigenvalue weighted by Crippen LogP contribution is -2.19. The lowest BCUT2D eigenvalue weighted by Gasteiger charge is -2.10. The van der Waals surface area contributed by atoms with Crippen molar-refractivity contribution in [3.8, 4) is 0 Å². The zero-order chi connectivity index (χ0) is 16.4. The van der Waals surface area contributed by atoms with Crippen molar-refractivity contribution in [1.82, 2.24) is 10.1 Å². The Balaban J connectivity index is 1.46. The summed E-state index contributed by atoms with van der Waals surface area (Å²) < 4.78 is 5.33. The number of nitrogens with one attached hydrogen (secondary N) is 2. The maximum absolute atomic E-state index is 12.1. The van der Waals surface area contributed by atoms with Crippen LogP contribution in [0.25, 0.3) is 0 Å². The molecule has 6 nitrogen and oxygen atoms in total. The monoisotopic (exact) mass is 340 g/mol. The Labute approximate surface area is 142 Å². The van der Waals surface area contributed by atoms with Crippen molar-refractivity contribution in [1.29, 1.82) is 0 Å². The maximum Gasteiger partial charge on any atom is 0.324 e. The van der Waals surface area contributed by atoms with Crippen LogP contribution < -0.4 is 10.6 Å². The molecule has 1 aliphatic carbocycles. The van der Waals surface area contributed by atoms with Crippen LogP contribution in [0.15, 0.2) is 46.3 Å². The number of thiophene rings is 1. The zero-order valence-corrected chi connectivity index (χ0v) is 13.7. The number of amides is 2. The Bertz CT molecular complexity index is 840. The molecular formula is C17H16N4O2S. The Morgan fingerprint density at radius 2 is 2.08 bits per heavy atom. The lowest BCUT2D eigenvalue weighted by molar-refractivity contribution is 0.262. The SMILES string of the molecule is O=C(Nc1cccs1)Nc1ccccc1Cc1nc(C2CC2)no1. The standard InChI is InChI=1S/C17H16N4O2S/c22-17(20-15-6-3-9-24-15)18-13-5-2-1-4-12(13)10-14-19-16(21-23-14)11-7-8-11/h1-6,9,11H,7-8,10H2,(H2,18,20,22). The predicted octanol–water partition coefficient (Wildman–Crippen LogP) is 4.24. The number of nitrogens with zero attached hydrogens (tertiary/aromatic N) is 2. The fraction of sp³-hybridized carbons (Fsp3) is 0.235. The summed E-state index contributed by atoms with van der Waals surface area (Å²) in [5, 5.41) is 12.4. The Morgan fingerprint density at radius 1 is 1.21 bits per heavy atom. The summed E-state index contributed by atoms with van der Waals surface area (Å²) in [5.74, 6) is 1.84. The van der Waals surface area contributed by atoms with Gasteiger partial charge in [0.2, 0.25) is 5.89 Å². The van der Waals surface area contributed by atoms with E-state index in [1.807, 2.05) is 41.8 Å². The molecule has 0 atom stereocenters. The highest BCUT2D eigenvalue weighted by Crippen LogP contribution is 2.38. The van der Waals surface area contributed by atoms with Crippen LogP contribution in [-0.4, -0.2) is 16.2 Å². The molecule has 0 spiro atoms. The van der Waals surface area contributed by atoms with Crippen LogP contribution >= 0.6 is 11.3 Å². The van der Waals surface area contributed by atoms with E-state index in [0.717, 1.165) is 34.9 Å².